The van der Waals surface area contributed by atoms with Gasteiger partial charge in [-0.3, -0.25) is 4.18 Å². The quantitative estimate of drug-likeness (QED) is 0.357. The molecular formula is C11H21O8S2+. The van der Waals surface area contributed by atoms with Crippen LogP contribution < -0.4 is 0 Å². The summed E-state index contributed by atoms with van der Waals surface area (Å²) in [6.07, 6.45) is -2.79. The van der Waals surface area contributed by atoms with Crippen LogP contribution in [0.25, 0.3) is 0 Å². The Morgan fingerprint density at radius 2 is 2.14 bits per heavy atom. The van der Waals surface area contributed by atoms with E-state index < -0.39 is 40.6 Å². The van der Waals surface area contributed by atoms with E-state index in [4.69, 9.17) is 14.6 Å². The molecule has 8 nitrogen and oxygen atoms in total. The molecule has 0 amide bonds. The van der Waals surface area contributed by atoms with Crippen molar-refractivity contribution in [2.45, 2.75) is 44.1 Å². The lowest BCUT2D eigenvalue weighted by Gasteiger charge is -2.39. The van der Waals surface area contributed by atoms with Crippen LogP contribution in [0.3, 0.4) is 0 Å². The van der Waals surface area contributed by atoms with Crippen LogP contribution in [0.5, 0.6) is 0 Å². The van der Waals surface area contributed by atoms with Crippen LogP contribution in [0.15, 0.2) is 0 Å². The summed E-state index contributed by atoms with van der Waals surface area (Å²) in [7, 11) is -5.10. The summed E-state index contributed by atoms with van der Waals surface area (Å²) in [5.41, 5.74) is 0. The van der Waals surface area contributed by atoms with E-state index in [1.807, 2.05) is 0 Å². The molecule has 2 saturated heterocycles. The number of aliphatic hydroxyl groups is 1. The van der Waals surface area contributed by atoms with E-state index in [2.05, 4.69) is 4.18 Å². The van der Waals surface area contributed by atoms with Crippen molar-refractivity contribution in [2.75, 3.05) is 23.9 Å². The molecule has 0 radical (unpaired) electrons. The van der Waals surface area contributed by atoms with Crippen molar-refractivity contribution in [3.05, 3.63) is 0 Å². The largest absolute Gasteiger partial charge is 0.726 e. The molecule has 5 atom stereocenters. The van der Waals surface area contributed by atoms with Crippen LogP contribution in [-0.2, 0) is 35.0 Å². The Bertz CT molecular complexity index is 455. The SMILES string of the molecule is CC1(C)OC[C@H](OS(=O)(=O)[O-])[C@@H](C[S+]2C[C@H](O)[C@@H]([OH2+])C2)O1. The first-order valence-electron chi connectivity index (χ1n) is 6.55. The standard InChI is InChI=1S/C11H20O8S2/c1-11(2)17-3-9(19-21(14,15)16)10(18-11)6-20-4-7(12)8(13)5-20/h7-10,12-13H,3-6H2,1-2H3/p+1/t7-,8-,9-,10+/m0/s1. The lowest BCUT2D eigenvalue weighted by Crippen LogP contribution is -2.53. The Morgan fingerprint density at radius 3 is 2.67 bits per heavy atom. The van der Waals surface area contributed by atoms with Crippen molar-refractivity contribution in [1.82, 2.24) is 0 Å². The van der Waals surface area contributed by atoms with E-state index in [0.29, 0.717) is 17.3 Å². The molecule has 2 rings (SSSR count). The molecule has 0 saturated carbocycles. The average molecular weight is 345 g/mol. The van der Waals surface area contributed by atoms with Crippen LogP contribution in [-0.4, -0.2) is 77.3 Å². The molecule has 2 fully saturated rings. The van der Waals surface area contributed by atoms with Gasteiger partial charge >= 0.3 is 0 Å². The molecule has 0 aromatic rings. The Labute approximate surface area is 126 Å². The van der Waals surface area contributed by atoms with Gasteiger partial charge < -0.3 is 24.2 Å². The second-order valence-corrected chi connectivity index (χ2v) is 8.93. The van der Waals surface area contributed by atoms with E-state index in [9.17, 15) is 18.1 Å². The Morgan fingerprint density at radius 1 is 1.48 bits per heavy atom. The van der Waals surface area contributed by atoms with Crippen LogP contribution in [0, 0.1) is 0 Å². The van der Waals surface area contributed by atoms with Gasteiger partial charge in [0.05, 0.1) is 6.61 Å². The third kappa shape index (κ3) is 5.03. The molecule has 21 heavy (non-hydrogen) atoms. The molecule has 2 aliphatic heterocycles. The number of hydrogen-bond donors (Lipinski definition) is 1. The fourth-order valence-electron chi connectivity index (χ4n) is 2.41. The predicted octanol–water partition coefficient (Wildman–Crippen LogP) is -1.93. The Hall–Kier alpha value is 0.0600. The first-order valence-corrected chi connectivity index (χ1v) is 9.61. The molecule has 2 heterocycles. The van der Waals surface area contributed by atoms with Crippen molar-refractivity contribution in [2.24, 2.45) is 0 Å². The minimum absolute atomic E-state index is 0.0524. The highest BCUT2D eigenvalue weighted by molar-refractivity contribution is 7.97. The maximum atomic E-state index is 10.8. The molecule has 1 unspecified atom stereocenters. The van der Waals surface area contributed by atoms with Crippen molar-refractivity contribution >= 4 is 21.3 Å². The second-order valence-electron chi connectivity index (χ2n) is 5.70. The van der Waals surface area contributed by atoms with Gasteiger partial charge in [-0.1, -0.05) is 0 Å². The first kappa shape index (κ1) is 17.4. The molecule has 10 heteroatoms. The maximum Gasteiger partial charge on any atom is 0.230 e. The van der Waals surface area contributed by atoms with Gasteiger partial charge in [0.25, 0.3) is 0 Å². The van der Waals surface area contributed by atoms with Crippen molar-refractivity contribution < 1.29 is 36.8 Å². The number of aliphatic hydroxyl groups excluding tert-OH is 1. The monoisotopic (exact) mass is 345 g/mol. The molecule has 0 aromatic carbocycles. The molecule has 3 N–H and O–H groups in total. The van der Waals surface area contributed by atoms with E-state index >= 15 is 0 Å². The van der Waals surface area contributed by atoms with Gasteiger partial charge in [-0.15, -0.1) is 0 Å². The summed E-state index contributed by atoms with van der Waals surface area (Å²) in [6.45, 7) is 3.34. The highest BCUT2D eigenvalue weighted by atomic mass is 32.3. The normalized spacial score (nSPS) is 40.3. The minimum Gasteiger partial charge on any atom is -0.726 e. The van der Waals surface area contributed by atoms with Crippen molar-refractivity contribution in [1.29, 1.82) is 0 Å². The summed E-state index contributed by atoms with van der Waals surface area (Å²) in [6, 6.07) is 0. The zero-order valence-corrected chi connectivity index (χ0v) is 13.5. The number of ether oxygens (including phenoxy) is 2. The van der Waals surface area contributed by atoms with Crippen LogP contribution in [0.2, 0.25) is 0 Å². The van der Waals surface area contributed by atoms with E-state index in [-0.39, 0.29) is 17.5 Å². The highest BCUT2D eigenvalue weighted by Gasteiger charge is 2.48. The van der Waals surface area contributed by atoms with Crippen LogP contribution >= 0.6 is 0 Å². The summed E-state index contributed by atoms with van der Waals surface area (Å²) < 4.78 is 47.9. The van der Waals surface area contributed by atoms with Gasteiger partial charge in [-0.05, 0) is 13.8 Å². The molecular weight excluding hydrogens is 324 g/mol. The Kier molecular flexibility index (Phi) is 5.21. The zero-order valence-electron chi connectivity index (χ0n) is 11.9. The number of hydrogen-bond acceptors (Lipinski definition) is 7. The lowest BCUT2D eigenvalue weighted by molar-refractivity contribution is -0.294. The predicted molar refractivity (Wildman–Crippen MR) is 74.8 cm³/mol. The van der Waals surface area contributed by atoms with Gasteiger partial charge in [-0.2, -0.15) is 0 Å². The van der Waals surface area contributed by atoms with Gasteiger partial charge in [0.15, 0.2) is 17.6 Å². The smallest absolute Gasteiger partial charge is 0.230 e. The van der Waals surface area contributed by atoms with E-state index in [0.717, 1.165) is 0 Å². The fraction of sp³-hybridized carbons (Fsp3) is 1.00. The van der Waals surface area contributed by atoms with Crippen LogP contribution in [0.4, 0.5) is 0 Å². The van der Waals surface area contributed by atoms with Crippen LogP contribution in [0.1, 0.15) is 13.8 Å². The molecule has 0 bridgehead atoms. The van der Waals surface area contributed by atoms with Gasteiger partial charge in [0, 0.05) is 10.9 Å². The first-order chi connectivity index (χ1) is 9.56. The summed E-state index contributed by atoms with van der Waals surface area (Å²) >= 11 is 0. The molecule has 2 aliphatic rings. The third-order valence-corrected chi connectivity index (χ3v) is 6.30. The van der Waals surface area contributed by atoms with Gasteiger partial charge in [0.1, 0.15) is 23.7 Å². The number of rotatable bonds is 4. The van der Waals surface area contributed by atoms with E-state index in [1.165, 1.54) is 0 Å². The highest BCUT2D eigenvalue weighted by Crippen LogP contribution is 2.28. The second kappa shape index (κ2) is 6.28. The third-order valence-electron chi connectivity index (χ3n) is 3.37. The lowest BCUT2D eigenvalue weighted by atomic mass is 10.2. The molecule has 124 valence electrons. The summed E-state index contributed by atoms with van der Waals surface area (Å²) in [5, 5.41) is 17.3. The minimum atomic E-state index is -4.84. The Balaban J connectivity index is 2.03. The topological polar surface area (TPSA) is 128 Å². The maximum absolute atomic E-state index is 10.8. The summed E-state index contributed by atoms with van der Waals surface area (Å²) in [5.74, 6) is 0.587. The molecule has 0 aliphatic carbocycles. The molecule has 0 aromatic heterocycles. The van der Waals surface area contributed by atoms with Gasteiger partial charge in [-0.25, -0.2) is 8.42 Å². The zero-order chi connectivity index (χ0) is 15.8. The van der Waals surface area contributed by atoms with Crippen molar-refractivity contribution in [3.63, 3.8) is 0 Å². The van der Waals surface area contributed by atoms with Gasteiger partial charge in [0.2, 0.25) is 16.5 Å². The molecule has 0 spiro atoms. The summed E-state index contributed by atoms with van der Waals surface area (Å²) in [4.78, 5) is 0. The van der Waals surface area contributed by atoms with Crippen molar-refractivity contribution in [3.8, 4) is 0 Å². The average Bonchev–Trinajstić information content (AvgIpc) is 2.60. The van der Waals surface area contributed by atoms with E-state index in [1.54, 1.807) is 13.8 Å². The fourth-order valence-corrected chi connectivity index (χ4v) is 5.49.